The Bertz CT molecular complexity index is 726. The minimum absolute atomic E-state index is 0.134. The number of nitrogens with one attached hydrogen (secondary N) is 2. The predicted octanol–water partition coefficient (Wildman–Crippen LogP) is 2.82. The molecule has 7 nitrogen and oxygen atoms in total. The Morgan fingerprint density at radius 1 is 1.26 bits per heavy atom. The van der Waals surface area contributed by atoms with Crippen LogP contribution in [0.2, 0.25) is 0 Å². The van der Waals surface area contributed by atoms with Gasteiger partial charge >= 0.3 is 11.9 Å². The van der Waals surface area contributed by atoms with Crippen LogP contribution in [0.3, 0.4) is 0 Å². The van der Waals surface area contributed by atoms with Crippen molar-refractivity contribution in [3.8, 4) is 0 Å². The SMILES string of the molecule is CCCC/C(SC1(C(=O)O)C=CC=CN1)=C(/NC(=O)C1CC1(C)C)C(=O)O. The molecule has 2 unspecified atom stereocenters. The number of carboxylic acid groups (broad SMARTS) is 2. The number of amides is 1. The number of carbonyl (C=O) groups is 3. The number of aliphatic carboxylic acids is 2. The lowest BCUT2D eigenvalue weighted by Gasteiger charge is -2.29. The molecule has 1 aliphatic carbocycles. The fourth-order valence-electron chi connectivity index (χ4n) is 2.83. The first-order valence-electron chi connectivity index (χ1n) is 8.94. The Hall–Kier alpha value is -2.22. The normalized spacial score (nSPS) is 26.0. The van der Waals surface area contributed by atoms with Crippen molar-refractivity contribution >= 4 is 29.6 Å². The van der Waals surface area contributed by atoms with E-state index in [2.05, 4.69) is 10.6 Å². The smallest absolute Gasteiger partial charge is 0.353 e. The third-order valence-electron chi connectivity index (χ3n) is 4.77. The van der Waals surface area contributed by atoms with Gasteiger partial charge in [0.1, 0.15) is 5.70 Å². The number of allylic oxidation sites excluding steroid dienone is 3. The van der Waals surface area contributed by atoms with E-state index in [1.54, 1.807) is 12.2 Å². The molecule has 2 atom stereocenters. The highest BCUT2D eigenvalue weighted by Crippen LogP contribution is 2.51. The second kappa shape index (κ2) is 8.21. The van der Waals surface area contributed by atoms with E-state index in [9.17, 15) is 24.6 Å². The summed E-state index contributed by atoms with van der Waals surface area (Å²) in [6.45, 7) is 5.87. The third-order valence-corrected chi connectivity index (χ3v) is 6.17. The van der Waals surface area contributed by atoms with Crippen molar-refractivity contribution < 1.29 is 24.6 Å². The van der Waals surface area contributed by atoms with Crippen molar-refractivity contribution in [2.75, 3.05) is 0 Å². The number of carboxylic acids is 2. The summed E-state index contributed by atoms with van der Waals surface area (Å²) in [5.74, 6) is -2.96. The highest BCUT2D eigenvalue weighted by Gasteiger charge is 2.51. The van der Waals surface area contributed by atoms with Crippen LogP contribution in [0.15, 0.2) is 35.0 Å². The maximum atomic E-state index is 12.4. The summed E-state index contributed by atoms with van der Waals surface area (Å²) in [6, 6.07) is 0. The van der Waals surface area contributed by atoms with Crippen LogP contribution in [0.4, 0.5) is 0 Å². The summed E-state index contributed by atoms with van der Waals surface area (Å²) in [6.07, 6.45) is 8.79. The zero-order valence-corrected chi connectivity index (χ0v) is 16.6. The van der Waals surface area contributed by atoms with Gasteiger partial charge in [-0.25, -0.2) is 9.59 Å². The Balaban J connectivity index is 2.35. The van der Waals surface area contributed by atoms with E-state index < -0.39 is 16.8 Å². The number of thioether (sulfide) groups is 1. The Kier molecular flexibility index (Phi) is 6.41. The van der Waals surface area contributed by atoms with Crippen molar-refractivity contribution in [2.24, 2.45) is 11.3 Å². The molecule has 2 aliphatic rings. The first-order valence-corrected chi connectivity index (χ1v) is 9.76. The van der Waals surface area contributed by atoms with E-state index in [-0.39, 0.29) is 22.9 Å². The van der Waals surface area contributed by atoms with Crippen LogP contribution in [0.1, 0.15) is 46.5 Å². The number of carbonyl (C=O) groups excluding carboxylic acids is 1. The molecule has 1 heterocycles. The average Bonchev–Trinajstić information content (AvgIpc) is 3.25. The van der Waals surface area contributed by atoms with Crippen molar-refractivity contribution in [1.29, 1.82) is 0 Å². The molecule has 0 bridgehead atoms. The van der Waals surface area contributed by atoms with E-state index in [4.69, 9.17) is 0 Å². The number of hydrogen-bond acceptors (Lipinski definition) is 5. The van der Waals surface area contributed by atoms with Gasteiger partial charge in [0.15, 0.2) is 0 Å². The summed E-state index contributed by atoms with van der Waals surface area (Å²) >= 11 is 0.907. The van der Waals surface area contributed by atoms with Crippen LogP contribution in [0, 0.1) is 11.3 Å². The Morgan fingerprint density at radius 2 is 1.93 bits per heavy atom. The van der Waals surface area contributed by atoms with Gasteiger partial charge < -0.3 is 20.8 Å². The lowest BCUT2D eigenvalue weighted by molar-refractivity contribution is -0.139. The van der Waals surface area contributed by atoms with Crippen molar-refractivity contribution in [3.05, 3.63) is 35.0 Å². The summed E-state index contributed by atoms with van der Waals surface area (Å²) in [7, 11) is 0. The minimum Gasteiger partial charge on any atom is -0.479 e. The number of rotatable bonds is 9. The van der Waals surface area contributed by atoms with Crippen LogP contribution >= 0.6 is 11.8 Å². The van der Waals surface area contributed by atoms with Gasteiger partial charge in [0, 0.05) is 10.8 Å². The summed E-state index contributed by atoms with van der Waals surface area (Å²) in [4.78, 5) is 35.0. The molecule has 1 amide bonds. The molecule has 0 saturated heterocycles. The van der Waals surface area contributed by atoms with Crippen molar-refractivity contribution in [2.45, 2.75) is 51.3 Å². The van der Waals surface area contributed by atoms with Gasteiger partial charge in [-0.3, -0.25) is 4.79 Å². The fraction of sp³-hybridized carbons (Fsp3) is 0.526. The van der Waals surface area contributed by atoms with Crippen LogP contribution < -0.4 is 10.6 Å². The first kappa shape index (κ1) is 21.1. The molecule has 0 aromatic heterocycles. The molecule has 0 spiro atoms. The molecule has 1 saturated carbocycles. The summed E-state index contributed by atoms with van der Waals surface area (Å²) in [5.41, 5.74) is -0.364. The Morgan fingerprint density at radius 3 is 2.37 bits per heavy atom. The van der Waals surface area contributed by atoms with E-state index >= 15 is 0 Å². The van der Waals surface area contributed by atoms with E-state index in [0.717, 1.165) is 18.2 Å². The largest absolute Gasteiger partial charge is 0.479 e. The maximum Gasteiger partial charge on any atom is 0.353 e. The lowest BCUT2D eigenvalue weighted by Crippen LogP contribution is -2.46. The molecule has 8 heteroatoms. The molecule has 27 heavy (non-hydrogen) atoms. The molecule has 0 aromatic carbocycles. The highest BCUT2D eigenvalue weighted by molar-refractivity contribution is 8.05. The average molecular weight is 394 g/mol. The molecule has 148 valence electrons. The molecule has 1 aliphatic heterocycles. The Labute approximate surface area is 163 Å². The van der Waals surface area contributed by atoms with Gasteiger partial charge in [0.2, 0.25) is 10.8 Å². The number of dihydropyridines is 1. The molecule has 0 aromatic rings. The zero-order valence-electron chi connectivity index (χ0n) is 15.7. The number of unbranched alkanes of at least 4 members (excludes halogenated alkanes) is 1. The molecule has 1 fully saturated rings. The van der Waals surface area contributed by atoms with E-state index in [0.29, 0.717) is 24.2 Å². The van der Waals surface area contributed by atoms with Gasteiger partial charge in [-0.15, -0.1) is 0 Å². The van der Waals surface area contributed by atoms with Gasteiger partial charge in [-0.05, 0) is 43.0 Å². The molecule has 0 radical (unpaired) electrons. The standard InChI is InChI=1S/C19H26N2O5S/c1-4-5-8-13(27-19(17(25)26)9-6-7-10-20-19)14(16(23)24)21-15(22)12-11-18(12,2)3/h6-7,9-10,12,20H,4-5,8,11H2,1-3H3,(H,21,22)(H,23,24)(H,25,26)/b14-13-. The first-order chi connectivity index (χ1) is 12.6. The van der Waals surface area contributed by atoms with Crippen LogP contribution in [0.25, 0.3) is 0 Å². The van der Waals surface area contributed by atoms with Gasteiger partial charge in [0.25, 0.3) is 0 Å². The van der Waals surface area contributed by atoms with E-state index in [1.165, 1.54) is 12.3 Å². The highest BCUT2D eigenvalue weighted by atomic mass is 32.2. The van der Waals surface area contributed by atoms with Crippen molar-refractivity contribution in [1.82, 2.24) is 10.6 Å². The predicted molar refractivity (Wildman–Crippen MR) is 104 cm³/mol. The van der Waals surface area contributed by atoms with Gasteiger partial charge in [0.05, 0.1) is 0 Å². The van der Waals surface area contributed by atoms with Crippen LogP contribution in [0.5, 0.6) is 0 Å². The summed E-state index contributed by atoms with van der Waals surface area (Å²) < 4.78 is 0. The second-order valence-corrected chi connectivity index (χ2v) is 8.79. The van der Waals surface area contributed by atoms with Crippen LogP contribution in [-0.4, -0.2) is 32.9 Å². The minimum atomic E-state index is -1.51. The lowest BCUT2D eigenvalue weighted by atomic mass is 10.1. The fourth-order valence-corrected chi connectivity index (χ4v) is 4.07. The molecule has 2 rings (SSSR count). The van der Waals surface area contributed by atoms with E-state index in [1.807, 2.05) is 20.8 Å². The summed E-state index contributed by atoms with van der Waals surface area (Å²) in [5, 5.41) is 24.7. The molecular weight excluding hydrogens is 368 g/mol. The van der Waals surface area contributed by atoms with Gasteiger partial charge in [-0.2, -0.15) is 0 Å². The quantitative estimate of drug-likeness (QED) is 0.444. The monoisotopic (exact) mass is 394 g/mol. The molecule has 4 N–H and O–H groups in total. The maximum absolute atomic E-state index is 12.4. The van der Waals surface area contributed by atoms with Crippen LogP contribution in [-0.2, 0) is 14.4 Å². The topological polar surface area (TPSA) is 116 Å². The number of hydrogen-bond donors (Lipinski definition) is 4. The zero-order chi connectivity index (χ0) is 20.2. The van der Waals surface area contributed by atoms with Gasteiger partial charge in [-0.1, -0.05) is 45.0 Å². The third kappa shape index (κ3) is 4.94. The molecular formula is C19H26N2O5S. The van der Waals surface area contributed by atoms with Crippen molar-refractivity contribution in [3.63, 3.8) is 0 Å². The second-order valence-electron chi connectivity index (χ2n) is 7.45.